The summed E-state index contributed by atoms with van der Waals surface area (Å²) in [7, 11) is 0. The smallest absolute Gasteiger partial charge is 0.339 e. The van der Waals surface area contributed by atoms with Crippen LogP contribution < -0.4 is 0 Å². The normalized spacial score (nSPS) is 45.4. The number of carboxylic acids is 1. The summed E-state index contributed by atoms with van der Waals surface area (Å²) in [6, 6.07) is 6.10. The molecule has 76 heavy (non-hydrogen) atoms. The lowest BCUT2D eigenvalue weighted by molar-refractivity contribution is -0.276. The highest BCUT2D eigenvalue weighted by atomic mass is 79.9. The summed E-state index contributed by atoms with van der Waals surface area (Å²) < 4.78 is 100. The molecule has 416 valence electrons. The third-order valence-electron chi connectivity index (χ3n) is 20.0. The van der Waals surface area contributed by atoms with Gasteiger partial charge in [0.2, 0.25) is 5.12 Å². The summed E-state index contributed by atoms with van der Waals surface area (Å²) >= 11 is 3.00. The Morgan fingerprint density at radius 1 is 0.711 bits per heavy atom. The van der Waals surface area contributed by atoms with E-state index in [4.69, 9.17) is 18.5 Å². The van der Waals surface area contributed by atoms with Crippen LogP contribution in [0.4, 0.5) is 26.3 Å². The van der Waals surface area contributed by atoms with E-state index in [1.54, 1.807) is 55.2 Å². The minimum atomic E-state index is -2.24. The molecule has 2 aliphatic heterocycles. The molecule has 0 aromatic carbocycles. The highest BCUT2D eigenvalue weighted by Gasteiger charge is 2.82. The molecule has 0 amide bonds. The van der Waals surface area contributed by atoms with E-state index in [1.807, 2.05) is 0 Å². The number of nitrogens with zero attached hydrogens (tertiary/aromatic N) is 2. The van der Waals surface area contributed by atoms with Crippen LogP contribution in [0, 0.1) is 57.2 Å². The quantitative estimate of drug-likeness (QED) is 0.176. The Hall–Kier alpha value is -3.83. The van der Waals surface area contributed by atoms with E-state index >= 15 is 17.6 Å². The predicted molar refractivity (Wildman–Crippen MR) is 269 cm³/mol. The van der Waals surface area contributed by atoms with Gasteiger partial charge in [-0.1, -0.05) is 61.1 Å². The maximum atomic E-state index is 17.4. The molecule has 10 aliphatic rings. The Morgan fingerprint density at radius 3 is 1.51 bits per heavy atom. The van der Waals surface area contributed by atoms with Crippen LogP contribution >= 0.6 is 27.7 Å². The lowest BCUT2D eigenvalue weighted by atomic mass is 9.44. The molecule has 2 aromatic rings. The van der Waals surface area contributed by atoms with Crippen molar-refractivity contribution in [3.63, 3.8) is 0 Å². The highest BCUT2D eigenvalue weighted by Crippen LogP contribution is 2.75. The lowest BCUT2D eigenvalue weighted by Crippen LogP contribution is -2.70. The van der Waals surface area contributed by atoms with E-state index in [-0.39, 0.29) is 57.3 Å². The number of aliphatic carboxylic acids is 1. The summed E-state index contributed by atoms with van der Waals surface area (Å²) in [5.41, 5.74) is -13.2. The van der Waals surface area contributed by atoms with Crippen LogP contribution in [0.25, 0.3) is 0 Å². The van der Waals surface area contributed by atoms with Crippen LogP contribution in [0.3, 0.4) is 0 Å². The fourth-order valence-corrected chi connectivity index (χ4v) is 17.6. The largest absolute Gasteiger partial charge is 0.479 e. The molecule has 12 rings (SSSR count). The number of ketones is 2. The van der Waals surface area contributed by atoms with Crippen molar-refractivity contribution in [1.29, 1.82) is 0 Å². The average Bonchev–Trinajstić information content (AvgIpc) is 4.40. The monoisotopic (exact) mass is 1150 g/mol. The number of carbonyl (C=O) groups is 4. The number of alkyl halides is 7. The van der Waals surface area contributed by atoms with Gasteiger partial charge in [0.15, 0.2) is 34.1 Å². The number of aliphatic hydroxyl groups excluding tert-OH is 2. The molecule has 13 nitrogen and oxygen atoms in total. The number of allylic oxidation sites excluding steroid dienone is 8. The zero-order valence-corrected chi connectivity index (χ0v) is 44.1. The Morgan fingerprint density at radius 2 is 1.12 bits per heavy atom. The van der Waals surface area contributed by atoms with Gasteiger partial charge in [-0.05, 0) is 124 Å². The second-order valence-corrected chi connectivity index (χ2v) is 24.3. The molecule has 4 heterocycles. The molecule has 6 saturated carbocycles. The second-order valence-electron chi connectivity index (χ2n) is 23.0. The van der Waals surface area contributed by atoms with Crippen molar-refractivity contribution < 1.29 is 79.3 Å². The molecule has 8 fully saturated rings. The fraction of sp³-hybridized carbons (Fsp3) is 0.636. The maximum Gasteiger partial charge on any atom is 0.339 e. The van der Waals surface area contributed by atoms with Crippen molar-refractivity contribution in [1.82, 2.24) is 10.1 Å². The number of halogens is 7. The average molecular weight is 1160 g/mol. The number of carboxylic acid groups (broad SMARTS) is 1. The topological polar surface area (TPSA) is 180 Å². The first-order valence-electron chi connectivity index (χ1n) is 25.3. The van der Waals surface area contributed by atoms with E-state index < -0.39 is 138 Å². The van der Waals surface area contributed by atoms with Gasteiger partial charge in [0.05, 0.1) is 37.8 Å². The molecule has 0 bridgehead atoms. The zero-order valence-electron chi connectivity index (χ0n) is 41.7. The van der Waals surface area contributed by atoms with E-state index in [2.05, 4.69) is 15.9 Å². The van der Waals surface area contributed by atoms with E-state index in [0.29, 0.717) is 49.2 Å². The predicted octanol–water partition coefficient (Wildman–Crippen LogP) is 9.84. The highest BCUT2D eigenvalue weighted by molar-refractivity contribution is 9.09. The Kier molecular flexibility index (Phi) is 14.8. The lowest BCUT2D eigenvalue weighted by Gasteiger charge is -2.63. The van der Waals surface area contributed by atoms with Crippen molar-refractivity contribution >= 4 is 50.3 Å². The van der Waals surface area contributed by atoms with Crippen LogP contribution in [-0.4, -0.2) is 120 Å². The summed E-state index contributed by atoms with van der Waals surface area (Å²) in [5, 5.41) is 36.1. The molecular formula is C55H65BrF6N2O11S. The van der Waals surface area contributed by atoms with Gasteiger partial charge in [-0.25, -0.2) is 31.1 Å². The maximum absolute atomic E-state index is 17.4. The summed E-state index contributed by atoms with van der Waals surface area (Å²) in [6.45, 7) is 7.80. The molecule has 0 spiro atoms. The molecule has 2 saturated heterocycles. The Bertz CT molecular complexity index is 2730. The number of carbonyl (C=O) groups excluding carboxylic acids is 3. The van der Waals surface area contributed by atoms with Gasteiger partial charge in [0, 0.05) is 58.4 Å². The Labute approximate surface area is 449 Å². The van der Waals surface area contributed by atoms with E-state index in [9.17, 15) is 43.3 Å². The number of hydrogen-bond acceptors (Lipinski definition) is 13. The van der Waals surface area contributed by atoms with Crippen LogP contribution in [0.15, 0.2) is 93.2 Å². The van der Waals surface area contributed by atoms with Gasteiger partial charge in [0.25, 0.3) is 0 Å². The van der Waals surface area contributed by atoms with Crippen molar-refractivity contribution in [3.8, 4) is 0 Å². The zero-order chi connectivity index (χ0) is 54.1. The SMILES string of the molecule is C.C[C@]12C=CC(=O)C=C1[C@@H](F)C[C@H]1[C@@H]3C[C@H]4CN(Cc5ccco5)O[C@@]4(C(=O)O)[C@@]3(C)C[C@H](O)[C@@]12F.C[C@]12C=CC(=O)C=C1[C@@H](F)C[C@H]1[C@@H]3C[C@H]4CN(Cc5ccco5)O[C@@]4(C(=O)SCF)[C@@]3(C)C[C@H](O)[C@@]12F.FCBr. The Balaban J connectivity index is 0.000000175. The summed E-state index contributed by atoms with van der Waals surface area (Å²) in [6.07, 6.45) is 4.41. The molecular weight excluding hydrogens is 1090 g/mol. The van der Waals surface area contributed by atoms with Crippen LogP contribution in [0.2, 0.25) is 0 Å². The van der Waals surface area contributed by atoms with E-state index in [1.165, 1.54) is 43.8 Å². The molecule has 8 aliphatic carbocycles. The molecule has 18 atom stereocenters. The van der Waals surface area contributed by atoms with Gasteiger partial charge >= 0.3 is 5.97 Å². The third kappa shape index (κ3) is 7.67. The third-order valence-corrected chi connectivity index (χ3v) is 20.7. The first kappa shape index (κ1) is 56.9. The molecule has 0 unspecified atom stereocenters. The van der Waals surface area contributed by atoms with Gasteiger partial charge in [-0.15, -0.1) is 0 Å². The van der Waals surface area contributed by atoms with Crippen molar-refractivity contribution in [2.45, 2.75) is 134 Å². The van der Waals surface area contributed by atoms with E-state index in [0.717, 1.165) is 12.2 Å². The number of hydroxylamine groups is 4. The van der Waals surface area contributed by atoms with Gasteiger partial charge < -0.3 is 24.2 Å². The van der Waals surface area contributed by atoms with Gasteiger partial charge in [0.1, 0.15) is 35.5 Å². The first-order chi connectivity index (χ1) is 35.4. The molecule has 21 heteroatoms. The van der Waals surface area contributed by atoms with Crippen molar-refractivity contribution in [3.05, 3.63) is 95.9 Å². The number of rotatable bonds is 7. The van der Waals surface area contributed by atoms with Gasteiger partial charge in [-0.2, -0.15) is 10.1 Å². The number of hydrogen-bond donors (Lipinski definition) is 3. The number of fused-ring (bicyclic) bond motifs is 14. The molecule has 0 radical (unpaired) electrons. The first-order valence-corrected chi connectivity index (χ1v) is 27.4. The summed E-state index contributed by atoms with van der Waals surface area (Å²) in [4.78, 5) is 63.1. The van der Waals surface area contributed by atoms with Crippen LogP contribution in [0.1, 0.15) is 85.2 Å². The number of thioether (sulfide) groups is 1. The second kappa shape index (κ2) is 19.8. The van der Waals surface area contributed by atoms with Crippen LogP contribution in [-0.2, 0) is 41.9 Å². The number of aliphatic hydroxyl groups is 2. The van der Waals surface area contributed by atoms with Crippen LogP contribution in [0.5, 0.6) is 0 Å². The minimum absolute atomic E-state index is 0. The minimum Gasteiger partial charge on any atom is -0.479 e. The fourth-order valence-electron chi connectivity index (χ4n) is 16.8. The standard InChI is InChI=1S/C27H30F3NO5S.C26H29F2NO6.CH2BrF.CH4/c1-24-6-5-16(32)9-20(24)21(29)10-19-18-8-15-12-31(13-17-4-3-7-35-17)36-27(15,23(34)37-14-28)25(18,2)11-22(33)26(19,24)30;1-23-6-5-15(30)9-19(23)20(27)10-18-17-8-14-12-29(13-16-4-3-7-34-16)35-26(14,22(32)33)24(17,2)11-21(31)25(18,23)28;2-1-3;/h3-7,9,15,18-19,21-22,33H,8,10-14H2,1-2H3;3-7,9,14,17-18,20-21,31H,8,10-13H2,1-2H3,(H,32,33);1H2;1H4/t15-,18-,19-,21-,22-,24-,25-,26-,27-;14-,17-,18-,20-,21-,23-,24-,25-,26-;;/m00../s1. The van der Waals surface area contributed by atoms with Gasteiger partial charge in [-0.3, -0.25) is 24.1 Å². The molecule has 3 N–H and O–H groups in total. The van der Waals surface area contributed by atoms with Crippen molar-refractivity contribution in [2.75, 3.05) is 24.7 Å². The number of furan rings is 2. The van der Waals surface area contributed by atoms with Crippen molar-refractivity contribution in [2.24, 2.45) is 57.2 Å². The molecule has 2 aromatic heterocycles. The summed E-state index contributed by atoms with van der Waals surface area (Å²) in [5.74, 6) is -4.45.